The Labute approximate surface area is 222 Å². The third-order valence-electron chi connectivity index (χ3n) is 7.15. The molecule has 3 aromatic rings. The van der Waals surface area contributed by atoms with Gasteiger partial charge in [-0.2, -0.15) is 5.48 Å². The molecule has 0 aliphatic carbocycles. The first-order valence-corrected chi connectivity index (χ1v) is 13.7. The smallest absolute Gasteiger partial charge is 0.303 e. The van der Waals surface area contributed by atoms with Crippen LogP contribution in [0, 0.1) is 11.8 Å². The number of thioether (sulfide) groups is 1. The van der Waals surface area contributed by atoms with E-state index in [1.54, 1.807) is 26.0 Å². The summed E-state index contributed by atoms with van der Waals surface area (Å²) in [4.78, 5) is 28.4. The number of carboxylic acids is 1. The number of hydroxylamine groups is 1. The maximum atomic E-state index is 11.7. The number of ether oxygens (including phenoxy) is 1. The molecule has 1 aliphatic rings. The Bertz CT molecular complexity index is 1150. The van der Waals surface area contributed by atoms with Gasteiger partial charge in [-0.15, -0.1) is 11.8 Å². The maximum Gasteiger partial charge on any atom is 0.303 e. The van der Waals surface area contributed by atoms with Crippen LogP contribution in [0.15, 0.2) is 59.9 Å². The summed E-state index contributed by atoms with van der Waals surface area (Å²) in [6.07, 6.45) is 6.59. The Morgan fingerprint density at radius 3 is 2.84 bits per heavy atom. The van der Waals surface area contributed by atoms with E-state index in [0.717, 1.165) is 71.9 Å². The highest BCUT2D eigenvalue weighted by molar-refractivity contribution is 7.99. The summed E-state index contributed by atoms with van der Waals surface area (Å²) in [5.41, 5.74) is 5.18. The van der Waals surface area contributed by atoms with Crippen LogP contribution in [0.3, 0.4) is 0 Å². The molecule has 0 saturated carbocycles. The molecule has 1 fully saturated rings. The summed E-state index contributed by atoms with van der Waals surface area (Å²) >= 11 is 1.75. The number of carbonyl (C=O) groups is 1. The molecular formula is C28H36N4O4S. The number of aliphatic carboxylic acids is 1. The van der Waals surface area contributed by atoms with Gasteiger partial charge in [0.25, 0.3) is 0 Å². The predicted octanol–water partition coefficient (Wildman–Crippen LogP) is 4.82. The summed E-state index contributed by atoms with van der Waals surface area (Å²) < 4.78 is 5.44. The van der Waals surface area contributed by atoms with E-state index in [9.17, 15) is 9.90 Å². The van der Waals surface area contributed by atoms with Crippen molar-refractivity contribution in [2.24, 2.45) is 11.8 Å². The average Bonchev–Trinajstić information content (AvgIpc) is 2.91. The molecule has 0 unspecified atom stereocenters. The van der Waals surface area contributed by atoms with Gasteiger partial charge in [0.2, 0.25) is 0 Å². The number of likely N-dealkylation sites (tertiary alicyclic amines) is 1. The van der Waals surface area contributed by atoms with Crippen molar-refractivity contribution < 1.29 is 19.5 Å². The number of hydrogen-bond acceptors (Lipinski definition) is 8. The van der Waals surface area contributed by atoms with E-state index in [1.807, 2.05) is 54.9 Å². The summed E-state index contributed by atoms with van der Waals surface area (Å²) in [5, 5.41) is 11.7. The van der Waals surface area contributed by atoms with Gasteiger partial charge in [0.15, 0.2) is 0 Å². The Kier molecular flexibility index (Phi) is 10.1. The fourth-order valence-electron chi connectivity index (χ4n) is 5.28. The fraction of sp³-hybridized carbons (Fsp3) is 0.464. The SMILES string of the molecule is CON[C@@H](CC[C@@H]1CCN(CCSc2ccccn2)C[C@@H]1CC(=O)O)c1ccnc2ccc(OC)cc12. The molecule has 1 saturated heterocycles. The van der Waals surface area contributed by atoms with E-state index in [0.29, 0.717) is 5.92 Å². The van der Waals surface area contributed by atoms with Gasteiger partial charge in [-0.05, 0) is 79.6 Å². The lowest BCUT2D eigenvalue weighted by Crippen LogP contribution is -2.42. The Morgan fingerprint density at radius 2 is 2.08 bits per heavy atom. The Morgan fingerprint density at radius 1 is 1.19 bits per heavy atom. The summed E-state index contributed by atoms with van der Waals surface area (Å²) in [6.45, 7) is 2.74. The van der Waals surface area contributed by atoms with E-state index >= 15 is 0 Å². The zero-order valence-electron chi connectivity index (χ0n) is 21.5. The van der Waals surface area contributed by atoms with Gasteiger partial charge >= 0.3 is 5.97 Å². The Balaban J connectivity index is 1.40. The lowest BCUT2D eigenvalue weighted by Gasteiger charge is -2.38. The van der Waals surface area contributed by atoms with Gasteiger partial charge < -0.3 is 19.6 Å². The number of hydrogen-bond donors (Lipinski definition) is 2. The molecule has 3 heterocycles. The number of methoxy groups -OCH3 is 1. The molecule has 4 rings (SSSR count). The second-order valence-corrected chi connectivity index (χ2v) is 10.6. The van der Waals surface area contributed by atoms with Crippen molar-refractivity contribution in [1.82, 2.24) is 20.3 Å². The summed E-state index contributed by atoms with van der Waals surface area (Å²) in [6, 6.07) is 13.8. The molecule has 1 aromatic carbocycles. The normalized spacial score (nSPS) is 19.1. The first kappa shape index (κ1) is 27.3. The van der Waals surface area contributed by atoms with Crippen molar-refractivity contribution in [3.63, 3.8) is 0 Å². The maximum absolute atomic E-state index is 11.7. The third-order valence-corrected chi connectivity index (χ3v) is 8.08. The molecule has 8 nitrogen and oxygen atoms in total. The van der Waals surface area contributed by atoms with Crippen molar-refractivity contribution in [3.8, 4) is 5.75 Å². The molecule has 198 valence electrons. The fourth-order valence-corrected chi connectivity index (χ4v) is 6.15. The molecule has 9 heteroatoms. The molecule has 2 aromatic heterocycles. The first-order chi connectivity index (χ1) is 18.1. The standard InChI is InChI=1S/C28H36N4O4S/c1-35-22-7-9-25-24(18-22)23(10-13-29-25)26(31-36-2)8-6-20-11-14-32(19-21(20)17-28(33)34)15-16-37-27-5-3-4-12-30-27/h3-5,7,9-10,12-13,18,20-21,26,31H,6,8,11,14-17,19H2,1-2H3,(H,33,34)/t20-,21+,26+/m1/s1. The number of rotatable bonds is 13. The van der Waals surface area contributed by atoms with Crippen LogP contribution in [-0.4, -0.2) is 65.6 Å². The van der Waals surface area contributed by atoms with Gasteiger partial charge in [-0.3, -0.25) is 9.78 Å². The number of piperidine rings is 1. The van der Waals surface area contributed by atoms with Crippen molar-refractivity contribution >= 4 is 28.6 Å². The number of pyridine rings is 2. The highest BCUT2D eigenvalue weighted by Gasteiger charge is 2.31. The number of nitrogens with zero attached hydrogens (tertiary/aromatic N) is 3. The van der Waals surface area contributed by atoms with E-state index in [4.69, 9.17) is 9.57 Å². The number of nitrogens with one attached hydrogen (secondary N) is 1. The molecule has 37 heavy (non-hydrogen) atoms. The minimum absolute atomic E-state index is 0.0408. The lowest BCUT2D eigenvalue weighted by molar-refractivity contribution is -0.139. The van der Waals surface area contributed by atoms with Crippen LogP contribution < -0.4 is 10.2 Å². The molecule has 1 aliphatic heterocycles. The van der Waals surface area contributed by atoms with Gasteiger partial charge in [0.05, 0.1) is 30.8 Å². The van der Waals surface area contributed by atoms with Crippen LogP contribution >= 0.6 is 11.8 Å². The van der Waals surface area contributed by atoms with Gasteiger partial charge in [-0.25, -0.2) is 4.98 Å². The zero-order chi connectivity index (χ0) is 26.0. The number of carboxylic acid groups (broad SMARTS) is 1. The van der Waals surface area contributed by atoms with E-state index in [-0.39, 0.29) is 18.4 Å². The van der Waals surface area contributed by atoms with Crippen molar-refractivity contribution in [2.45, 2.75) is 36.8 Å². The van der Waals surface area contributed by atoms with Crippen LogP contribution in [0.1, 0.15) is 37.3 Å². The van der Waals surface area contributed by atoms with E-state index < -0.39 is 5.97 Å². The largest absolute Gasteiger partial charge is 0.497 e. The molecule has 0 spiro atoms. The second-order valence-electron chi connectivity index (χ2n) is 9.46. The number of fused-ring (bicyclic) bond motifs is 1. The van der Waals surface area contributed by atoms with Crippen molar-refractivity contribution in [1.29, 1.82) is 0 Å². The van der Waals surface area contributed by atoms with Crippen LogP contribution in [0.2, 0.25) is 0 Å². The zero-order valence-corrected chi connectivity index (χ0v) is 22.3. The summed E-state index contributed by atoms with van der Waals surface area (Å²) in [5.74, 6) is 1.48. The van der Waals surface area contributed by atoms with Crippen LogP contribution in [0.25, 0.3) is 10.9 Å². The van der Waals surface area contributed by atoms with Crippen molar-refractivity contribution in [2.75, 3.05) is 39.6 Å². The molecule has 0 bridgehead atoms. The molecule has 3 atom stereocenters. The van der Waals surface area contributed by atoms with E-state index in [2.05, 4.69) is 20.3 Å². The molecule has 0 radical (unpaired) electrons. The highest BCUT2D eigenvalue weighted by atomic mass is 32.2. The highest BCUT2D eigenvalue weighted by Crippen LogP contribution is 2.35. The summed E-state index contributed by atoms with van der Waals surface area (Å²) in [7, 11) is 3.29. The predicted molar refractivity (Wildman–Crippen MR) is 146 cm³/mol. The number of aromatic nitrogens is 2. The molecule has 0 amide bonds. The molecule has 2 N–H and O–H groups in total. The second kappa shape index (κ2) is 13.7. The average molecular weight is 525 g/mol. The van der Waals surface area contributed by atoms with Crippen molar-refractivity contribution in [3.05, 3.63) is 60.4 Å². The van der Waals surface area contributed by atoms with Crippen LogP contribution in [0.5, 0.6) is 5.75 Å². The monoisotopic (exact) mass is 524 g/mol. The minimum Gasteiger partial charge on any atom is -0.497 e. The third kappa shape index (κ3) is 7.64. The van der Waals surface area contributed by atoms with Gasteiger partial charge in [0.1, 0.15) is 5.75 Å². The lowest BCUT2D eigenvalue weighted by atomic mass is 9.79. The minimum atomic E-state index is -0.724. The van der Waals surface area contributed by atoms with Gasteiger partial charge in [-0.1, -0.05) is 6.07 Å². The molecular weight excluding hydrogens is 488 g/mol. The Hall–Kier alpha value is -2.72. The van der Waals surface area contributed by atoms with Crippen LogP contribution in [-0.2, 0) is 9.63 Å². The van der Waals surface area contributed by atoms with Crippen LogP contribution in [0.4, 0.5) is 0 Å². The quantitative estimate of drug-likeness (QED) is 0.241. The number of benzene rings is 1. The topological polar surface area (TPSA) is 96.8 Å². The first-order valence-electron chi connectivity index (χ1n) is 12.8. The van der Waals surface area contributed by atoms with E-state index in [1.165, 1.54) is 0 Å². The van der Waals surface area contributed by atoms with Gasteiger partial charge in [0, 0.05) is 43.0 Å².